The number of ether oxygens (including phenoxy) is 1. The van der Waals surface area contributed by atoms with E-state index in [1.807, 2.05) is 63.4 Å². The molecule has 0 unspecified atom stereocenters. The predicted octanol–water partition coefficient (Wildman–Crippen LogP) is 3.86. The van der Waals surface area contributed by atoms with Crippen LogP contribution in [0.3, 0.4) is 0 Å². The molecule has 124 valence electrons. The lowest BCUT2D eigenvalue weighted by molar-refractivity contribution is 0.102. The van der Waals surface area contributed by atoms with Gasteiger partial charge in [0.05, 0.1) is 12.3 Å². The number of carbonyl (C=O) groups excluding carboxylic acids is 1. The number of nitrogens with zero attached hydrogens (tertiary/aromatic N) is 2. The average molecular weight is 323 g/mol. The maximum Gasteiger partial charge on any atom is 0.274 e. The smallest absolute Gasteiger partial charge is 0.274 e. The van der Waals surface area contributed by atoms with Crippen molar-refractivity contribution in [2.24, 2.45) is 0 Å². The first-order chi connectivity index (χ1) is 11.7. The molecule has 0 saturated heterocycles. The Morgan fingerprint density at radius 3 is 2.71 bits per heavy atom. The topological polar surface area (TPSA) is 55.6 Å². The zero-order chi connectivity index (χ0) is 17.1. The quantitative estimate of drug-likeness (QED) is 0.776. The second-order valence-electron chi connectivity index (χ2n) is 5.53. The summed E-state index contributed by atoms with van der Waals surface area (Å²) >= 11 is 0. The molecule has 3 aromatic rings. The van der Waals surface area contributed by atoms with E-state index in [-0.39, 0.29) is 5.91 Å². The highest BCUT2D eigenvalue weighted by Crippen LogP contribution is 2.24. The number of para-hydroxylation sites is 1. The van der Waals surface area contributed by atoms with Crippen molar-refractivity contribution in [3.8, 4) is 5.75 Å². The molecule has 3 rings (SSSR count). The van der Waals surface area contributed by atoms with E-state index < -0.39 is 0 Å². The van der Waals surface area contributed by atoms with Crippen LogP contribution in [-0.4, -0.2) is 21.9 Å². The van der Waals surface area contributed by atoms with E-state index in [4.69, 9.17) is 4.74 Å². The van der Waals surface area contributed by atoms with Crippen LogP contribution in [0.15, 0.2) is 42.6 Å². The number of imidazole rings is 1. The molecule has 2 aromatic heterocycles. The van der Waals surface area contributed by atoms with Gasteiger partial charge in [0, 0.05) is 11.9 Å². The van der Waals surface area contributed by atoms with Gasteiger partial charge in [0.15, 0.2) is 11.4 Å². The highest BCUT2D eigenvalue weighted by molar-refractivity contribution is 6.05. The van der Waals surface area contributed by atoms with Crippen LogP contribution in [-0.2, 0) is 6.42 Å². The number of nitrogens with one attached hydrogen (secondary N) is 1. The molecule has 5 heteroatoms. The van der Waals surface area contributed by atoms with E-state index in [2.05, 4.69) is 10.3 Å². The summed E-state index contributed by atoms with van der Waals surface area (Å²) in [7, 11) is 0. The number of pyridine rings is 1. The van der Waals surface area contributed by atoms with Crippen molar-refractivity contribution in [2.75, 3.05) is 11.9 Å². The summed E-state index contributed by atoms with van der Waals surface area (Å²) in [5, 5.41) is 2.99. The minimum Gasteiger partial charge on any atom is -0.490 e. The minimum atomic E-state index is -0.165. The third-order valence-electron chi connectivity index (χ3n) is 3.93. The summed E-state index contributed by atoms with van der Waals surface area (Å²) in [5.41, 5.74) is 3.81. The maximum absolute atomic E-state index is 12.9. The maximum atomic E-state index is 12.9. The molecule has 0 saturated carbocycles. The van der Waals surface area contributed by atoms with Crippen molar-refractivity contribution in [3.05, 3.63) is 59.5 Å². The molecule has 0 radical (unpaired) electrons. The summed E-state index contributed by atoms with van der Waals surface area (Å²) in [6.45, 7) is 6.45. The van der Waals surface area contributed by atoms with Crippen LogP contribution in [0, 0.1) is 6.92 Å². The lowest BCUT2D eigenvalue weighted by Crippen LogP contribution is -2.17. The van der Waals surface area contributed by atoms with Gasteiger partial charge in [-0.2, -0.15) is 0 Å². The van der Waals surface area contributed by atoms with Crippen molar-refractivity contribution in [1.29, 1.82) is 0 Å². The van der Waals surface area contributed by atoms with Crippen molar-refractivity contribution >= 4 is 17.2 Å². The van der Waals surface area contributed by atoms with Crippen LogP contribution in [0.1, 0.15) is 35.6 Å². The summed E-state index contributed by atoms with van der Waals surface area (Å²) in [4.78, 5) is 17.5. The van der Waals surface area contributed by atoms with Gasteiger partial charge in [-0.25, -0.2) is 4.98 Å². The predicted molar refractivity (Wildman–Crippen MR) is 94.9 cm³/mol. The lowest BCUT2D eigenvalue weighted by Gasteiger charge is -2.09. The van der Waals surface area contributed by atoms with Gasteiger partial charge < -0.3 is 10.1 Å². The fraction of sp³-hybridized carbons (Fsp3) is 0.263. The molecule has 1 aromatic carbocycles. The molecule has 0 atom stereocenters. The number of fused-ring (bicyclic) bond motifs is 1. The van der Waals surface area contributed by atoms with Crippen molar-refractivity contribution in [3.63, 3.8) is 0 Å². The molecule has 0 aliphatic rings. The molecule has 0 bridgehead atoms. The van der Waals surface area contributed by atoms with Crippen LogP contribution < -0.4 is 10.1 Å². The molecule has 1 N–H and O–H groups in total. The van der Waals surface area contributed by atoms with E-state index in [0.717, 1.165) is 16.9 Å². The van der Waals surface area contributed by atoms with E-state index in [1.165, 1.54) is 0 Å². The molecule has 24 heavy (non-hydrogen) atoms. The fourth-order valence-electron chi connectivity index (χ4n) is 2.74. The first kappa shape index (κ1) is 16.1. The summed E-state index contributed by atoms with van der Waals surface area (Å²) in [5.74, 6) is 0.520. The number of rotatable bonds is 5. The number of aryl methyl sites for hydroxylation is 2. The number of aromatic nitrogens is 2. The first-order valence-electron chi connectivity index (χ1n) is 8.15. The number of carbonyl (C=O) groups is 1. The molecule has 1 amide bonds. The number of amides is 1. The van der Waals surface area contributed by atoms with Crippen LogP contribution >= 0.6 is 0 Å². The largest absolute Gasteiger partial charge is 0.490 e. The van der Waals surface area contributed by atoms with Crippen LogP contribution in [0.5, 0.6) is 5.75 Å². The number of anilines is 1. The average Bonchev–Trinajstić information content (AvgIpc) is 2.97. The summed E-state index contributed by atoms with van der Waals surface area (Å²) in [6.07, 6.45) is 2.51. The van der Waals surface area contributed by atoms with Gasteiger partial charge in [-0.05, 0) is 44.0 Å². The second-order valence-corrected chi connectivity index (χ2v) is 5.53. The monoisotopic (exact) mass is 323 g/mol. The molecule has 0 fully saturated rings. The highest BCUT2D eigenvalue weighted by Gasteiger charge is 2.20. The Balaban J connectivity index is 2.06. The Bertz CT molecular complexity index is 883. The SMILES string of the molecule is CCOc1cccn2c(C(=O)Nc3ccccc3C)c(CC)nc12. The normalized spacial score (nSPS) is 10.8. The molecule has 5 nitrogen and oxygen atoms in total. The molecular weight excluding hydrogens is 302 g/mol. The molecule has 0 spiro atoms. The van der Waals surface area contributed by atoms with E-state index in [9.17, 15) is 4.79 Å². The van der Waals surface area contributed by atoms with E-state index in [0.29, 0.717) is 30.1 Å². The summed E-state index contributed by atoms with van der Waals surface area (Å²) < 4.78 is 7.44. The minimum absolute atomic E-state index is 0.165. The number of hydrogen-bond donors (Lipinski definition) is 1. The number of benzene rings is 1. The molecule has 0 aliphatic heterocycles. The van der Waals surface area contributed by atoms with E-state index in [1.54, 1.807) is 4.40 Å². The first-order valence-corrected chi connectivity index (χ1v) is 8.15. The van der Waals surface area contributed by atoms with Crippen molar-refractivity contribution < 1.29 is 9.53 Å². The van der Waals surface area contributed by atoms with Gasteiger partial charge in [-0.3, -0.25) is 9.20 Å². The molecule has 0 aliphatic carbocycles. The van der Waals surface area contributed by atoms with Gasteiger partial charge in [0.1, 0.15) is 5.69 Å². The van der Waals surface area contributed by atoms with Crippen LogP contribution in [0.4, 0.5) is 5.69 Å². The van der Waals surface area contributed by atoms with Crippen LogP contribution in [0.25, 0.3) is 5.65 Å². The van der Waals surface area contributed by atoms with Gasteiger partial charge in [-0.1, -0.05) is 25.1 Å². The second kappa shape index (κ2) is 6.74. The third-order valence-corrected chi connectivity index (χ3v) is 3.93. The Morgan fingerprint density at radius 2 is 2.00 bits per heavy atom. The molecular formula is C19H21N3O2. The fourth-order valence-corrected chi connectivity index (χ4v) is 2.74. The van der Waals surface area contributed by atoms with E-state index >= 15 is 0 Å². The van der Waals surface area contributed by atoms with Gasteiger partial charge in [-0.15, -0.1) is 0 Å². The van der Waals surface area contributed by atoms with Crippen molar-refractivity contribution in [2.45, 2.75) is 27.2 Å². The van der Waals surface area contributed by atoms with Gasteiger partial charge >= 0.3 is 0 Å². The Labute approximate surface area is 141 Å². The standard InChI is InChI=1S/C19H21N3O2/c1-4-14-17(19(23)21-15-10-7-6-9-13(15)3)22-12-8-11-16(24-5-2)18(22)20-14/h6-12H,4-5H2,1-3H3,(H,21,23). The highest BCUT2D eigenvalue weighted by atomic mass is 16.5. The number of hydrogen-bond acceptors (Lipinski definition) is 3. The summed E-state index contributed by atoms with van der Waals surface area (Å²) in [6, 6.07) is 11.5. The van der Waals surface area contributed by atoms with Gasteiger partial charge in [0.2, 0.25) is 0 Å². The Kier molecular flexibility index (Phi) is 4.51. The van der Waals surface area contributed by atoms with Crippen LogP contribution in [0.2, 0.25) is 0 Å². The Hall–Kier alpha value is -2.82. The Morgan fingerprint density at radius 1 is 1.21 bits per heavy atom. The third kappa shape index (κ3) is 2.85. The zero-order valence-electron chi connectivity index (χ0n) is 14.2. The zero-order valence-corrected chi connectivity index (χ0v) is 14.2. The van der Waals surface area contributed by atoms with Gasteiger partial charge in [0.25, 0.3) is 5.91 Å². The van der Waals surface area contributed by atoms with Crippen molar-refractivity contribution in [1.82, 2.24) is 9.38 Å². The molecule has 2 heterocycles. The lowest BCUT2D eigenvalue weighted by atomic mass is 10.2.